The van der Waals surface area contributed by atoms with Gasteiger partial charge in [-0.1, -0.05) is 35.4 Å². The molecule has 0 saturated heterocycles. The minimum Gasteiger partial charge on any atom is -0.486 e. The van der Waals surface area contributed by atoms with Gasteiger partial charge >= 0.3 is 0 Å². The normalized spacial score (nSPS) is 10.5. The van der Waals surface area contributed by atoms with Gasteiger partial charge in [-0.3, -0.25) is 4.79 Å². The molecule has 0 unspecified atom stereocenters. The van der Waals surface area contributed by atoms with Crippen LogP contribution in [0.1, 0.15) is 27.4 Å². The monoisotopic (exact) mass is 355 g/mol. The molecular formula is C20H18ClNO3. The third-order valence-corrected chi connectivity index (χ3v) is 3.97. The molecule has 1 aromatic heterocycles. The standard InChI is InChI=1S/C20H18ClNO3/c1-13-3-6-15(7-4-13)24-12-16-8-10-19(25-16)20(23)22-18-9-5-14(2)11-17(18)21/h3-11H,12H2,1-2H3,(H,22,23). The highest BCUT2D eigenvalue weighted by atomic mass is 35.5. The van der Waals surface area contributed by atoms with Crippen molar-refractivity contribution in [3.63, 3.8) is 0 Å². The second kappa shape index (κ2) is 7.45. The summed E-state index contributed by atoms with van der Waals surface area (Å²) in [7, 11) is 0. The third-order valence-electron chi connectivity index (χ3n) is 3.66. The molecule has 0 spiro atoms. The van der Waals surface area contributed by atoms with Gasteiger partial charge in [-0.25, -0.2) is 0 Å². The summed E-state index contributed by atoms with van der Waals surface area (Å²) >= 11 is 6.13. The minimum atomic E-state index is -0.354. The molecular weight excluding hydrogens is 338 g/mol. The number of benzene rings is 2. The first-order chi connectivity index (χ1) is 12.0. The first-order valence-corrected chi connectivity index (χ1v) is 8.25. The van der Waals surface area contributed by atoms with Crippen molar-refractivity contribution in [2.24, 2.45) is 0 Å². The molecule has 5 heteroatoms. The van der Waals surface area contributed by atoms with Gasteiger partial charge in [0.05, 0.1) is 10.7 Å². The van der Waals surface area contributed by atoms with Crippen molar-refractivity contribution >= 4 is 23.2 Å². The second-order valence-corrected chi connectivity index (χ2v) is 6.21. The maximum Gasteiger partial charge on any atom is 0.291 e. The highest BCUT2D eigenvalue weighted by molar-refractivity contribution is 6.34. The van der Waals surface area contributed by atoms with E-state index in [1.54, 1.807) is 24.3 Å². The van der Waals surface area contributed by atoms with Crippen molar-refractivity contribution < 1.29 is 13.9 Å². The number of ether oxygens (including phenoxy) is 1. The van der Waals surface area contributed by atoms with E-state index in [4.69, 9.17) is 20.8 Å². The van der Waals surface area contributed by atoms with Crippen LogP contribution in [-0.2, 0) is 6.61 Å². The quantitative estimate of drug-likeness (QED) is 0.668. The van der Waals surface area contributed by atoms with E-state index in [1.165, 1.54) is 5.56 Å². The smallest absolute Gasteiger partial charge is 0.291 e. The van der Waals surface area contributed by atoms with Crippen molar-refractivity contribution in [2.45, 2.75) is 20.5 Å². The van der Waals surface area contributed by atoms with Crippen molar-refractivity contribution in [1.29, 1.82) is 0 Å². The fourth-order valence-electron chi connectivity index (χ4n) is 2.27. The maximum atomic E-state index is 12.3. The summed E-state index contributed by atoms with van der Waals surface area (Å²) in [5.41, 5.74) is 2.74. The number of halogens is 1. The Kier molecular flexibility index (Phi) is 5.10. The predicted octanol–water partition coefficient (Wildman–Crippen LogP) is 5.38. The van der Waals surface area contributed by atoms with Crippen LogP contribution in [0.2, 0.25) is 5.02 Å². The molecule has 25 heavy (non-hydrogen) atoms. The Balaban J connectivity index is 1.62. The van der Waals surface area contributed by atoms with E-state index in [9.17, 15) is 4.79 Å². The molecule has 0 aliphatic carbocycles. The predicted molar refractivity (Wildman–Crippen MR) is 98.4 cm³/mol. The van der Waals surface area contributed by atoms with Crippen LogP contribution >= 0.6 is 11.6 Å². The zero-order valence-electron chi connectivity index (χ0n) is 14.0. The minimum absolute atomic E-state index is 0.208. The number of amides is 1. The third kappa shape index (κ3) is 4.43. The zero-order chi connectivity index (χ0) is 17.8. The summed E-state index contributed by atoms with van der Waals surface area (Å²) in [6.45, 7) is 4.20. The molecule has 0 bridgehead atoms. The van der Waals surface area contributed by atoms with Crippen LogP contribution < -0.4 is 10.1 Å². The van der Waals surface area contributed by atoms with E-state index in [1.807, 2.05) is 44.2 Å². The lowest BCUT2D eigenvalue weighted by Gasteiger charge is -2.06. The fraction of sp³-hybridized carbons (Fsp3) is 0.150. The number of nitrogens with one attached hydrogen (secondary N) is 1. The first-order valence-electron chi connectivity index (χ1n) is 7.87. The molecule has 0 fully saturated rings. The van der Waals surface area contributed by atoms with Gasteiger partial charge in [0.25, 0.3) is 5.91 Å². The second-order valence-electron chi connectivity index (χ2n) is 5.81. The van der Waals surface area contributed by atoms with E-state index in [0.29, 0.717) is 16.5 Å². The molecule has 0 saturated carbocycles. The van der Waals surface area contributed by atoms with Crippen LogP contribution in [0, 0.1) is 13.8 Å². The molecule has 3 rings (SSSR count). The fourth-order valence-corrected chi connectivity index (χ4v) is 2.55. The van der Waals surface area contributed by atoms with Gasteiger partial charge in [-0.2, -0.15) is 0 Å². The van der Waals surface area contributed by atoms with Crippen molar-refractivity contribution in [2.75, 3.05) is 5.32 Å². The molecule has 128 valence electrons. The average Bonchev–Trinajstić information content (AvgIpc) is 3.06. The van der Waals surface area contributed by atoms with Crippen LogP contribution in [0.3, 0.4) is 0 Å². The lowest BCUT2D eigenvalue weighted by Crippen LogP contribution is -2.11. The molecule has 0 atom stereocenters. The molecule has 0 aliphatic heterocycles. The lowest BCUT2D eigenvalue weighted by atomic mass is 10.2. The maximum absolute atomic E-state index is 12.3. The molecule has 1 N–H and O–H groups in total. The zero-order valence-corrected chi connectivity index (χ0v) is 14.8. The summed E-state index contributed by atoms with van der Waals surface area (Å²) in [6, 6.07) is 16.5. The van der Waals surface area contributed by atoms with Crippen LogP contribution in [0.25, 0.3) is 0 Å². The number of anilines is 1. The van der Waals surface area contributed by atoms with E-state index >= 15 is 0 Å². The van der Waals surface area contributed by atoms with Crippen LogP contribution in [0.5, 0.6) is 5.75 Å². The van der Waals surface area contributed by atoms with E-state index in [2.05, 4.69) is 5.32 Å². The summed E-state index contributed by atoms with van der Waals surface area (Å²) in [4.78, 5) is 12.3. The van der Waals surface area contributed by atoms with Gasteiger partial charge in [0.2, 0.25) is 0 Å². The SMILES string of the molecule is Cc1ccc(OCc2ccc(C(=O)Nc3ccc(C)cc3Cl)o2)cc1. The van der Waals surface area contributed by atoms with E-state index < -0.39 is 0 Å². The Hall–Kier alpha value is -2.72. The van der Waals surface area contributed by atoms with Gasteiger partial charge in [0, 0.05) is 0 Å². The highest BCUT2D eigenvalue weighted by Crippen LogP contribution is 2.23. The summed E-state index contributed by atoms with van der Waals surface area (Å²) in [5, 5.41) is 3.23. The van der Waals surface area contributed by atoms with E-state index in [0.717, 1.165) is 11.3 Å². The number of rotatable bonds is 5. The van der Waals surface area contributed by atoms with Gasteiger partial charge in [0.1, 0.15) is 18.1 Å². The van der Waals surface area contributed by atoms with Crippen LogP contribution in [-0.4, -0.2) is 5.91 Å². The van der Waals surface area contributed by atoms with Crippen molar-refractivity contribution in [1.82, 2.24) is 0 Å². The Labute approximate surface area is 151 Å². The van der Waals surface area contributed by atoms with Crippen LogP contribution in [0.4, 0.5) is 5.69 Å². The number of hydrogen-bond donors (Lipinski definition) is 1. The largest absolute Gasteiger partial charge is 0.486 e. The number of hydrogen-bond acceptors (Lipinski definition) is 3. The summed E-state index contributed by atoms with van der Waals surface area (Å²) < 4.78 is 11.2. The van der Waals surface area contributed by atoms with Crippen LogP contribution in [0.15, 0.2) is 59.0 Å². The molecule has 4 nitrogen and oxygen atoms in total. The Bertz CT molecular complexity index is 884. The van der Waals surface area contributed by atoms with E-state index in [-0.39, 0.29) is 18.3 Å². The number of carbonyl (C=O) groups excluding carboxylic acids is 1. The van der Waals surface area contributed by atoms with Gasteiger partial charge in [-0.15, -0.1) is 0 Å². The molecule has 2 aromatic carbocycles. The Morgan fingerprint density at radius 2 is 1.76 bits per heavy atom. The number of carbonyl (C=O) groups is 1. The molecule has 0 aliphatic rings. The lowest BCUT2D eigenvalue weighted by molar-refractivity contribution is 0.0992. The Morgan fingerprint density at radius 3 is 2.48 bits per heavy atom. The Morgan fingerprint density at radius 1 is 1.04 bits per heavy atom. The summed E-state index contributed by atoms with van der Waals surface area (Å²) in [6.07, 6.45) is 0. The highest BCUT2D eigenvalue weighted by Gasteiger charge is 2.13. The van der Waals surface area contributed by atoms with Gasteiger partial charge in [-0.05, 0) is 55.8 Å². The van der Waals surface area contributed by atoms with Gasteiger partial charge in [0.15, 0.2) is 5.76 Å². The molecule has 3 aromatic rings. The summed E-state index contributed by atoms with van der Waals surface area (Å²) in [5.74, 6) is 1.17. The number of aryl methyl sites for hydroxylation is 2. The van der Waals surface area contributed by atoms with Crippen molar-refractivity contribution in [3.8, 4) is 5.75 Å². The van der Waals surface area contributed by atoms with Crippen molar-refractivity contribution in [3.05, 3.63) is 82.3 Å². The molecule has 1 amide bonds. The first kappa shape index (κ1) is 17.1. The number of furan rings is 1. The molecule has 1 heterocycles. The average molecular weight is 356 g/mol. The topological polar surface area (TPSA) is 51.5 Å². The van der Waals surface area contributed by atoms with Gasteiger partial charge < -0.3 is 14.5 Å². The molecule has 0 radical (unpaired) electrons.